The van der Waals surface area contributed by atoms with E-state index >= 15 is 0 Å². The van der Waals surface area contributed by atoms with Crippen LogP contribution >= 0.6 is 0 Å². The molecule has 0 aromatic heterocycles. The number of carboxylic acid groups (broad SMARTS) is 2. The first-order valence-corrected chi connectivity index (χ1v) is 2.20. The molecule has 1 fully saturated rings. The third-order valence-electron chi connectivity index (χ3n) is 0.956. The summed E-state index contributed by atoms with van der Waals surface area (Å²) in [7, 11) is 0. The Morgan fingerprint density at radius 3 is 1.36 bits per heavy atom. The van der Waals surface area contributed by atoms with Crippen LogP contribution in [-0.2, 0) is 14.3 Å². The zero-order valence-corrected chi connectivity index (χ0v) is 12.4. The van der Waals surface area contributed by atoms with Crippen molar-refractivity contribution in [2.24, 2.45) is 0 Å². The first-order valence-electron chi connectivity index (χ1n) is 2.20. The number of carbonyl (C=O) groups is 2. The summed E-state index contributed by atoms with van der Waals surface area (Å²) < 4.78 is 4.12. The largest absolute Gasteiger partial charge is 1.00 e. The van der Waals surface area contributed by atoms with Gasteiger partial charge in [-0.3, -0.25) is 0 Å². The molecule has 1 heterocycles. The Kier molecular flexibility index (Phi) is 9.38. The molecule has 0 unspecified atom stereocenters. The fourth-order valence-electron chi connectivity index (χ4n) is 0.471. The van der Waals surface area contributed by atoms with Crippen molar-refractivity contribution in [2.45, 2.75) is 12.2 Å². The van der Waals surface area contributed by atoms with E-state index in [1.54, 1.807) is 0 Å². The van der Waals surface area contributed by atoms with Crippen LogP contribution in [0.2, 0.25) is 0 Å². The number of hydrogen-bond donors (Lipinski definition) is 0. The third kappa shape index (κ3) is 4.82. The number of epoxide rings is 1. The van der Waals surface area contributed by atoms with Gasteiger partial charge in [0.15, 0.2) is 0 Å². The topological polar surface area (TPSA) is 92.8 Å². The van der Waals surface area contributed by atoms with Crippen LogP contribution in [0.25, 0.3) is 0 Å². The SMILES string of the molecule is O=C([O-])[C@H]1O[C@H]1C(=O)[O-].[K+].[K+]. The molecule has 1 saturated heterocycles. The Morgan fingerprint density at radius 1 is 1.00 bits per heavy atom. The Balaban J connectivity index is 0. The minimum absolute atomic E-state index is 0. The van der Waals surface area contributed by atoms with E-state index in [0.29, 0.717) is 0 Å². The molecule has 0 saturated carbocycles. The van der Waals surface area contributed by atoms with Crippen LogP contribution in [-0.4, -0.2) is 24.1 Å². The van der Waals surface area contributed by atoms with Gasteiger partial charge in [-0.2, -0.15) is 0 Å². The van der Waals surface area contributed by atoms with Crippen molar-refractivity contribution >= 4 is 11.9 Å². The maximum absolute atomic E-state index is 9.75. The van der Waals surface area contributed by atoms with Gasteiger partial charge in [0.1, 0.15) is 12.2 Å². The zero-order chi connectivity index (χ0) is 7.02. The van der Waals surface area contributed by atoms with Gasteiger partial charge in [0.2, 0.25) is 0 Å². The maximum Gasteiger partial charge on any atom is 1.00 e. The molecule has 0 amide bonds. The normalized spacial score (nSPS) is 25.8. The first-order chi connectivity index (χ1) is 4.13. The summed E-state index contributed by atoms with van der Waals surface area (Å²) in [6.45, 7) is 0. The fraction of sp³-hybridized carbons (Fsp3) is 0.500. The second-order valence-corrected chi connectivity index (χ2v) is 1.62. The number of carboxylic acids is 2. The predicted molar refractivity (Wildman–Crippen MR) is 18.7 cm³/mol. The molecular weight excluding hydrogens is 206 g/mol. The van der Waals surface area contributed by atoms with E-state index < -0.39 is 24.1 Å². The maximum atomic E-state index is 9.75. The molecule has 0 N–H and O–H groups in total. The van der Waals surface area contributed by atoms with Crippen LogP contribution in [0.15, 0.2) is 0 Å². The zero-order valence-electron chi connectivity index (χ0n) is 6.20. The minimum atomic E-state index is -1.51. The van der Waals surface area contributed by atoms with Crippen LogP contribution in [0, 0.1) is 0 Å². The van der Waals surface area contributed by atoms with E-state index in [1.807, 2.05) is 0 Å². The molecule has 11 heavy (non-hydrogen) atoms. The second-order valence-electron chi connectivity index (χ2n) is 1.62. The van der Waals surface area contributed by atoms with Crippen molar-refractivity contribution in [3.63, 3.8) is 0 Å². The average Bonchev–Trinajstić information content (AvgIpc) is 2.39. The van der Waals surface area contributed by atoms with Gasteiger partial charge in [-0.1, -0.05) is 0 Å². The minimum Gasteiger partial charge on any atom is -0.547 e. The van der Waals surface area contributed by atoms with E-state index in [4.69, 9.17) is 0 Å². The quantitative estimate of drug-likeness (QED) is 0.332. The van der Waals surface area contributed by atoms with E-state index in [9.17, 15) is 19.8 Å². The van der Waals surface area contributed by atoms with Crippen LogP contribution in [0.4, 0.5) is 0 Å². The van der Waals surface area contributed by atoms with Crippen molar-refractivity contribution in [1.29, 1.82) is 0 Å². The summed E-state index contributed by atoms with van der Waals surface area (Å²) in [6.07, 6.45) is -2.59. The molecule has 50 valence electrons. The Labute approximate surface area is 148 Å². The Morgan fingerprint density at radius 2 is 1.27 bits per heavy atom. The van der Waals surface area contributed by atoms with Crippen molar-refractivity contribution < 1.29 is 127 Å². The second kappa shape index (κ2) is 6.60. The van der Waals surface area contributed by atoms with Gasteiger partial charge in [0.05, 0.1) is 11.9 Å². The van der Waals surface area contributed by atoms with E-state index in [1.165, 1.54) is 0 Å². The standard InChI is InChI=1S/C4H4O5.2K/c5-3(6)1-2(9-1)4(7)8;;/h1-2H,(H,5,6)(H,7,8);;/q;2*+1/p-2/t1-,2+;;. The number of hydrogen-bond acceptors (Lipinski definition) is 5. The third-order valence-corrected chi connectivity index (χ3v) is 0.956. The predicted octanol–water partition coefficient (Wildman–Crippen LogP) is -9.74. The van der Waals surface area contributed by atoms with Crippen LogP contribution in [0.1, 0.15) is 0 Å². The van der Waals surface area contributed by atoms with Crippen LogP contribution in [0.5, 0.6) is 0 Å². The summed E-state index contributed by atoms with van der Waals surface area (Å²) in [6, 6.07) is 0. The van der Waals surface area contributed by atoms with Crippen molar-refractivity contribution in [1.82, 2.24) is 0 Å². The van der Waals surface area contributed by atoms with Gasteiger partial charge in [-0.05, 0) is 0 Å². The smallest absolute Gasteiger partial charge is 0.547 e. The van der Waals surface area contributed by atoms with Gasteiger partial charge in [0, 0.05) is 0 Å². The molecule has 1 rings (SSSR count). The van der Waals surface area contributed by atoms with Crippen LogP contribution in [0.3, 0.4) is 0 Å². The average molecular weight is 208 g/mol. The number of ether oxygens (including phenoxy) is 1. The number of rotatable bonds is 2. The van der Waals surface area contributed by atoms with Gasteiger partial charge in [0.25, 0.3) is 0 Å². The summed E-state index contributed by atoms with van der Waals surface area (Å²) in [5, 5.41) is 19.5. The van der Waals surface area contributed by atoms with Gasteiger partial charge in [-0.25, -0.2) is 0 Å². The molecule has 0 aliphatic carbocycles. The van der Waals surface area contributed by atoms with Gasteiger partial charge in [-0.15, -0.1) is 0 Å². The first kappa shape index (κ1) is 15.6. The van der Waals surface area contributed by atoms with E-state index in [-0.39, 0.29) is 103 Å². The van der Waals surface area contributed by atoms with Crippen molar-refractivity contribution in [3.8, 4) is 0 Å². The van der Waals surface area contributed by atoms with E-state index in [0.717, 1.165) is 0 Å². The molecule has 0 spiro atoms. The summed E-state index contributed by atoms with van der Waals surface area (Å²) in [5.41, 5.74) is 0. The summed E-state index contributed by atoms with van der Waals surface area (Å²) in [5.74, 6) is -3.02. The summed E-state index contributed by atoms with van der Waals surface area (Å²) in [4.78, 5) is 19.5. The fourth-order valence-corrected chi connectivity index (χ4v) is 0.471. The van der Waals surface area contributed by atoms with Crippen molar-refractivity contribution in [3.05, 3.63) is 0 Å². The Hall–Kier alpha value is 2.17. The van der Waals surface area contributed by atoms with Gasteiger partial charge < -0.3 is 24.5 Å². The molecule has 2 atom stereocenters. The molecule has 0 aromatic rings. The van der Waals surface area contributed by atoms with Crippen LogP contribution < -0.4 is 113 Å². The molecular formula is C4H2K2O5. The molecule has 5 nitrogen and oxygen atoms in total. The number of aliphatic carboxylic acids is 2. The van der Waals surface area contributed by atoms with Gasteiger partial charge >= 0.3 is 103 Å². The Bertz CT molecular complexity index is 152. The number of carbonyl (C=O) groups excluding carboxylic acids is 2. The molecule has 0 radical (unpaired) electrons. The molecule has 0 bridgehead atoms. The summed E-state index contributed by atoms with van der Waals surface area (Å²) >= 11 is 0. The monoisotopic (exact) mass is 208 g/mol. The van der Waals surface area contributed by atoms with Crippen molar-refractivity contribution in [2.75, 3.05) is 0 Å². The molecule has 1 aliphatic rings. The molecule has 1 aliphatic heterocycles. The molecule has 7 heteroatoms. The van der Waals surface area contributed by atoms with E-state index in [2.05, 4.69) is 4.74 Å². The molecule has 0 aromatic carbocycles.